The van der Waals surface area contributed by atoms with Crippen LogP contribution in [0.3, 0.4) is 0 Å². The van der Waals surface area contributed by atoms with Crippen molar-refractivity contribution in [3.63, 3.8) is 0 Å². The third-order valence-electron chi connectivity index (χ3n) is 5.50. The van der Waals surface area contributed by atoms with Crippen LogP contribution in [0.2, 0.25) is 0 Å². The zero-order chi connectivity index (χ0) is 19.0. The molecule has 0 atom stereocenters. The largest absolute Gasteiger partial charge is 0.497 e. The summed E-state index contributed by atoms with van der Waals surface area (Å²) in [5.74, 6) is 0.870. The van der Waals surface area contributed by atoms with Gasteiger partial charge in [-0.05, 0) is 61.1 Å². The van der Waals surface area contributed by atoms with Crippen LogP contribution < -0.4 is 10.4 Å². The summed E-state index contributed by atoms with van der Waals surface area (Å²) in [4.78, 5) is 14.6. The van der Waals surface area contributed by atoms with E-state index >= 15 is 0 Å². The zero-order valence-corrected chi connectivity index (χ0v) is 16.1. The number of hydrogen-bond acceptors (Lipinski definition) is 4. The maximum atomic E-state index is 12.2. The van der Waals surface area contributed by atoms with Gasteiger partial charge in [0.15, 0.2) is 0 Å². The highest BCUT2D eigenvalue weighted by Crippen LogP contribution is 2.32. The standard InChI is InChI=1S/C23H25NO3/c1-15-4-11-21-18(12-22(25)27-23(21)16(15)2)14-24(19-7-8-19)13-17-5-9-20(26-3)10-6-17/h4-6,9-12,19H,7-8,13-14H2,1-3H3. The maximum absolute atomic E-state index is 12.2. The minimum Gasteiger partial charge on any atom is -0.497 e. The van der Waals surface area contributed by atoms with Crippen molar-refractivity contribution >= 4 is 11.0 Å². The topological polar surface area (TPSA) is 42.7 Å². The number of rotatable bonds is 6. The van der Waals surface area contributed by atoms with Gasteiger partial charge >= 0.3 is 5.63 Å². The lowest BCUT2D eigenvalue weighted by molar-refractivity contribution is 0.246. The maximum Gasteiger partial charge on any atom is 0.336 e. The molecule has 0 aliphatic heterocycles. The number of ether oxygens (including phenoxy) is 1. The average molecular weight is 363 g/mol. The van der Waals surface area contributed by atoms with E-state index in [1.165, 1.54) is 18.4 Å². The minimum atomic E-state index is -0.272. The molecule has 0 radical (unpaired) electrons. The third-order valence-corrected chi connectivity index (χ3v) is 5.50. The molecular formula is C23H25NO3. The molecule has 1 aliphatic rings. The van der Waals surface area contributed by atoms with E-state index in [2.05, 4.69) is 29.2 Å². The van der Waals surface area contributed by atoms with Gasteiger partial charge < -0.3 is 9.15 Å². The first kappa shape index (κ1) is 17.8. The highest BCUT2D eigenvalue weighted by atomic mass is 16.5. The van der Waals surface area contributed by atoms with Gasteiger partial charge in [0.25, 0.3) is 0 Å². The number of hydrogen-bond donors (Lipinski definition) is 0. The SMILES string of the molecule is COc1ccc(CN(Cc2cc(=O)oc3c(C)c(C)ccc23)C2CC2)cc1. The second-order valence-electron chi connectivity index (χ2n) is 7.46. The molecule has 4 rings (SSSR count). The molecule has 1 heterocycles. The van der Waals surface area contributed by atoms with Crippen molar-refractivity contribution in [2.75, 3.05) is 7.11 Å². The number of aryl methyl sites for hydroxylation is 2. The summed E-state index contributed by atoms with van der Waals surface area (Å²) < 4.78 is 10.8. The van der Waals surface area contributed by atoms with E-state index in [4.69, 9.17) is 9.15 Å². The Bertz CT molecular complexity index is 1020. The molecule has 4 heteroatoms. The first-order chi connectivity index (χ1) is 13.0. The van der Waals surface area contributed by atoms with Gasteiger partial charge in [-0.25, -0.2) is 4.79 Å². The van der Waals surface area contributed by atoms with Gasteiger partial charge in [-0.2, -0.15) is 0 Å². The smallest absolute Gasteiger partial charge is 0.336 e. The molecule has 1 aliphatic carbocycles. The number of benzene rings is 2. The van der Waals surface area contributed by atoms with Crippen LogP contribution in [-0.4, -0.2) is 18.1 Å². The Hall–Kier alpha value is -2.59. The van der Waals surface area contributed by atoms with E-state index < -0.39 is 0 Å². The number of methoxy groups -OCH3 is 1. The van der Waals surface area contributed by atoms with E-state index in [1.807, 2.05) is 26.0 Å². The highest BCUT2D eigenvalue weighted by Gasteiger charge is 2.29. The fraction of sp³-hybridized carbons (Fsp3) is 0.348. The first-order valence-corrected chi connectivity index (χ1v) is 9.45. The Balaban J connectivity index is 1.66. The first-order valence-electron chi connectivity index (χ1n) is 9.45. The molecular weight excluding hydrogens is 338 g/mol. The molecule has 0 unspecified atom stereocenters. The van der Waals surface area contributed by atoms with E-state index in [0.29, 0.717) is 6.04 Å². The molecule has 140 valence electrons. The monoisotopic (exact) mass is 363 g/mol. The van der Waals surface area contributed by atoms with Crippen LogP contribution in [0.4, 0.5) is 0 Å². The lowest BCUT2D eigenvalue weighted by atomic mass is 10.0. The van der Waals surface area contributed by atoms with Gasteiger partial charge in [-0.1, -0.05) is 24.3 Å². The molecule has 0 saturated heterocycles. The van der Waals surface area contributed by atoms with Crippen LogP contribution in [0, 0.1) is 13.8 Å². The third kappa shape index (κ3) is 3.76. The van der Waals surface area contributed by atoms with Crippen molar-refractivity contribution < 1.29 is 9.15 Å². The summed E-state index contributed by atoms with van der Waals surface area (Å²) >= 11 is 0. The summed E-state index contributed by atoms with van der Waals surface area (Å²) in [6, 6.07) is 14.6. The Kier molecular flexibility index (Phi) is 4.75. The number of nitrogens with zero attached hydrogens (tertiary/aromatic N) is 1. The average Bonchev–Trinajstić information content (AvgIpc) is 3.50. The van der Waals surface area contributed by atoms with Crippen molar-refractivity contribution in [3.05, 3.63) is 75.1 Å². The molecule has 2 aromatic carbocycles. The highest BCUT2D eigenvalue weighted by molar-refractivity contribution is 5.83. The van der Waals surface area contributed by atoms with Gasteiger partial charge in [-0.15, -0.1) is 0 Å². The van der Waals surface area contributed by atoms with E-state index in [-0.39, 0.29) is 5.63 Å². The normalized spacial score (nSPS) is 14.1. The fourth-order valence-electron chi connectivity index (χ4n) is 3.59. The second kappa shape index (κ2) is 7.20. The Morgan fingerprint density at radius 1 is 1.07 bits per heavy atom. The van der Waals surface area contributed by atoms with Crippen LogP contribution in [0.25, 0.3) is 11.0 Å². The van der Waals surface area contributed by atoms with Crippen molar-refractivity contribution in [1.29, 1.82) is 0 Å². The van der Waals surface area contributed by atoms with Gasteiger partial charge in [-0.3, -0.25) is 4.90 Å². The molecule has 0 spiro atoms. The quantitative estimate of drug-likeness (QED) is 0.601. The molecule has 3 aromatic rings. The molecule has 0 amide bonds. The van der Waals surface area contributed by atoms with Crippen molar-refractivity contribution in [3.8, 4) is 5.75 Å². The van der Waals surface area contributed by atoms with Crippen LogP contribution in [0.5, 0.6) is 5.75 Å². The summed E-state index contributed by atoms with van der Waals surface area (Å²) in [7, 11) is 1.68. The van der Waals surface area contributed by atoms with Gasteiger partial charge in [0.2, 0.25) is 0 Å². The molecule has 27 heavy (non-hydrogen) atoms. The zero-order valence-electron chi connectivity index (χ0n) is 16.1. The Morgan fingerprint density at radius 2 is 1.81 bits per heavy atom. The summed E-state index contributed by atoms with van der Waals surface area (Å²) in [6.07, 6.45) is 2.43. The predicted octanol–water partition coefficient (Wildman–Crippen LogP) is 4.58. The van der Waals surface area contributed by atoms with Crippen molar-refractivity contribution in [2.24, 2.45) is 0 Å². The minimum absolute atomic E-state index is 0.272. The Labute approximate surface area is 159 Å². The number of fused-ring (bicyclic) bond motifs is 1. The second-order valence-corrected chi connectivity index (χ2v) is 7.46. The fourth-order valence-corrected chi connectivity index (χ4v) is 3.59. The Morgan fingerprint density at radius 3 is 2.48 bits per heavy atom. The predicted molar refractivity (Wildman–Crippen MR) is 107 cm³/mol. The molecule has 4 nitrogen and oxygen atoms in total. The van der Waals surface area contributed by atoms with Crippen LogP contribution >= 0.6 is 0 Å². The lowest BCUT2D eigenvalue weighted by Gasteiger charge is -2.23. The molecule has 1 aromatic heterocycles. The lowest BCUT2D eigenvalue weighted by Crippen LogP contribution is -2.25. The van der Waals surface area contributed by atoms with Gasteiger partial charge in [0.1, 0.15) is 11.3 Å². The summed E-state index contributed by atoms with van der Waals surface area (Å²) in [6.45, 7) is 5.67. The van der Waals surface area contributed by atoms with E-state index in [1.54, 1.807) is 13.2 Å². The van der Waals surface area contributed by atoms with Gasteiger partial charge in [0, 0.05) is 30.6 Å². The van der Waals surface area contributed by atoms with Crippen LogP contribution in [0.1, 0.15) is 35.1 Å². The van der Waals surface area contributed by atoms with Crippen LogP contribution in [0.15, 0.2) is 51.7 Å². The van der Waals surface area contributed by atoms with Crippen molar-refractivity contribution in [2.45, 2.75) is 45.8 Å². The van der Waals surface area contributed by atoms with E-state index in [0.717, 1.165) is 46.5 Å². The van der Waals surface area contributed by atoms with Crippen LogP contribution in [-0.2, 0) is 13.1 Å². The van der Waals surface area contributed by atoms with Gasteiger partial charge in [0.05, 0.1) is 7.11 Å². The van der Waals surface area contributed by atoms with E-state index in [9.17, 15) is 4.79 Å². The molecule has 0 bridgehead atoms. The molecule has 1 fully saturated rings. The molecule has 1 saturated carbocycles. The summed E-state index contributed by atoms with van der Waals surface area (Å²) in [5.41, 5.74) is 4.93. The molecule has 0 N–H and O–H groups in total. The van der Waals surface area contributed by atoms with Crippen molar-refractivity contribution in [1.82, 2.24) is 4.90 Å². The summed E-state index contributed by atoms with van der Waals surface area (Å²) in [5, 5.41) is 1.04.